The maximum Gasteiger partial charge on any atom is 0.135 e. The van der Waals surface area contributed by atoms with Crippen LogP contribution in [0.25, 0.3) is 0 Å². The zero-order valence-electron chi connectivity index (χ0n) is 14.3. The molecular formula is C14H28O10. The molecule has 10 heteroatoms. The Bertz CT molecular complexity index is 155. The van der Waals surface area contributed by atoms with Crippen molar-refractivity contribution in [2.75, 3.05) is 0 Å². The summed E-state index contributed by atoms with van der Waals surface area (Å²) in [6.45, 7) is 19.4. The zero-order chi connectivity index (χ0) is 22.6. The largest absolute Gasteiger partial charge is 0.393 e. The number of rotatable bonds is 3. The summed E-state index contributed by atoms with van der Waals surface area (Å²) in [6, 6.07) is 0. The fourth-order valence-electron chi connectivity index (χ4n) is 0.474. The maximum atomic E-state index is 10.5. The Morgan fingerprint density at radius 3 is 0.875 bits per heavy atom. The molecule has 0 aliphatic heterocycles. The molecule has 0 heterocycles. The van der Waals surface area contributed by atoms with E-state index in [9.17, 15) is 4.79 Å². The number of aliphatic hydroxyl groups excluding tert-OH is 1. The van der Waals surface area contributed by atoms with Crippen LogP contribution in [-0.2, 0) is 43.2 Å². The summed E-state index contributed by atoms with van der Waals surface area (Å²) in [6.07, 6.45) is 0.365. The van der Waals surface area contributed by atoms with E-state index in [1.807, 2.05) is 54.3 Å². The monoisotopic (exact) mass is 356 g/mol. The lowest BCUT2D eigenvalue weighted by Gasteiger charge is -1.98. The van der Waals surface area contributed by atoms with E-state index < -0.39 is 6.10 Å². The molecule has 0 rings (SSSR count). The standard InChI is InChI=1S/C6H12O2.8CH2O/c1-3-6(8)4-5(2)7;8*1-2/h5,7H,3-4H2,1-2H3;8*1H2. The summed E-state index contributed by atoms with van der Waals surface area (Å²) >= 11 is 0. The van der Waals surface area contributed by atoms with E-state index in [0.717, 1.165) is 0 Å². The van der Waals surface area contributed by atoms with Crippen molar-refractivity contribution in [3.63, 3.8) is 0 Å². The molecular weight excluding hydrogens is 328 g/mol. The smallest absolute Gasteiger partial charge is 0.135 e. The van der Waals surface area contributed by atoms with Gasteiger partial charge in [0.15, 0.2) is 0 Å². The highest BCUT2D eigenvalue weighted by Crippen LogP contribution is 1.93. The Balaban J connectivity index is -0.0000000172. The summed E-state index contributed by atoms with van der Waals surface area (Å²) in [5.74, 6) is 0.125. The molecule has 0 aromatic rings. The molecule has 0 amide bonds. The van der Waals surface area contributed by atoms with Gasteiger partial charge in [0.25, 0.3) is 0 Å². The van der Waals surface area contributed by atoms with Crippen LogP contribution in [0, 0.1) is 0 Å². The van der Waals surface area contributed by atoms with Crippen molar-refractivity contribution < 1.29 is 48.3 Å². The van der Waals surface area contributed by atoms with E-state index >= 15 is 0 Å². The highest BCUT2D eigenvalue weighted by atomic mass is 16.3. The Hall–Kier alpha value is -3.01. The molecule has 0 saturated heterocycles. The summed E-state index contributed by atoms with van der Waals surface area (Å²) in [5.41, 5.74) is 0. The van der Waals surface area contributed by atoms with Crippen molar-refractivity contribution in [2.24, 2.45) is 0 Å². The van der Waals surface area contributed by atoms with E-state index in [2.05, 4.69) is 0 Å². The molecule has 0 aromatic carbocycles. The van der Waals surface area contributed by atoms with E-state index in [0.29, 0.717) is 12.8 Å². The first-order valence-corrected chi connectivity index (χ1v) is 5.17. The van der Waals surface area contributed by atoms with Crippen LogP contribution in [0.1, 0.15) is 26.7 Å². The van der Waals surface area contributed by atoms with Crippen molar-refractivity contribution >= 4 is 60.1 Å². The first-order valence-electron chi connectivity index (χ1n) is 5.17. The third-order valence-corrected chi connectivity index (χ3v) is 0.917. The van der Waals surface area contributed by atoms with Gasteiger partial charge in [0, 0.05) is 12.8 Å². The van der Waals surface area contributed by atoms with Gasteiger partial charge in [-0.15, -0.1) is 0 Å². The maximum absolute atomic E-state index is 10.5. The summed E-state index contributed by atoms with van der Waals surface area (Å²) in [7, 11) is 0. The van der Waals surface area contributed by atoms with Gasteiger partial charge in [-0.3, -0.25) is 4.79 Å². The molecule has 0 aliphatic carbocycles. The molecule has 1 atom stereocenters. The van der Waals surface area contributed by atoms with Crippen molar-refractivity contribution in [1.82, 2.24) is 0 Å². The zero-order valence-corrected chi connectivity index (χ0v) is 14.3. The average molecular weight is 356 g/mol. The van der Waals surface area contributed by atoms with Gasteiger partial charge in [-0.25, -0.2) is 0 Å². The average Bonchev–Trinajstić information content (AvgIpc) is 2.73. The molecule has 144 valence electrons. The minimum atomic E-state index is -0.470. The first kappa shape index (κ1) is 58.3. The molecule has 0 fully saturated rings. The van der Waals surface area contributed by atoms with Gasteiger partial charge >= 0.3 is 0 Å². The summed E-state index contributed by atoms with van der Waals surface area (Å²) in [4.78, 5) is 74.5. The lowest BCUT2D eigenvalue weighted by Crippen LogP contribution is -2.07. The van der Waals surface area contributed by atoms with Crippen LogP contribution in [0.15, 0.2) is 0 Å². The Morgan fingerprint density at radius 1 is 0.667 bits per heavy atom. The van der Waals surface area contributed by atoms with Crippen molar-refractivity contribution in [3.8, 4) is 0 Å². The van der Waals surface area contributed by atoms with Gasteiger partial charge in [0.1, 0.15) is 60.1 Å². The second-order valence-corrected chi connectivity index (χ2v) is 1.95. The lowest BCUT2D eigenvalue weighted by molar-refractivity contribution is -0.120. The van der Waals surface area contributed by atoms with Crippen molar-refractivity contribution in [3.05, 3.63) is 0 Å². The fraction of sp³-hybridized carbons (Fsp3) is 0.357. The Morgan fingerprint density at radius 2 is 0.833 bits per heavy atom. The van der Waals surface area contributed by atoms with Crippen LogP contribution in [-0.4, -0.2) is 71.3 Å². The molecule has 0 aromatic heterocycles. The Labute approximate surface area is 142 Å². The molecule has 0 aliphatic rings. The molecule has 0 radical (unpaired) electrons. The molecule has 0 saturated carbocycles. The number of ketones is 1. The predicted molar refractivity (Wildman–Crippen MR) is 88.6 cm³/mol. The minimum absolute atomic E-state index is 0.125. The van der Waals surface area contributed by atoms with Crippen LogP contribution in [0.3, 0.4) is 0 Å². The van der Waals surface area contributed by atoms with Gasteiger partial charge in [-0.05, 0) is 6.92 Å². The van der Waals surface area contributed by atoms with Crippen LogP contribution in [0.5, 0.6) is 0 Å². The second kappa shape index (κ2) is 290. The quantitative estimate of drug-likeness (QED) is 0.677. The molecule has 24 heavy (non-hydrogen) atoms. The molecule has 10 nitrogen and oxygen atoms in total. The number of carbonyl (C=O) groups is 9. The number of carbonyl (C=O) groups excluding carboxylic acids is 9. The van der Waals surface area contributed by atoms with Gasteiger partial charge in [0.05, 0.1) is 6.10 Å². The van der Waals surface area contributed by atoms with Crippen LogP contribution in [0.2, 0.25) is 0 Å². The number of aliphatic hydroxyl groups is 1. The summed E-state index contributed by atoms with van der Waals surface area (Å²) in [5, 5.41) is 8.63. The number of Topliss-reactive ketones (excluding diaryl/α,β-unsaturated/α-hetero) is 1. The molecule has 1 N–H and O–H groups in total. The highest BCUT2D eigenvalue weighted by Gasteiger charge is 2.01. The minimum Gasteiger partial charge on any atom is -0.393 e. The third kappa shape index (κ3) is 687. The molecule has 0 bridgehead atoms. The Kier molecular flexibility index (Phi) is 704. The van der Waals surface area contributed by atoms with Crippen LogP contribution >= 0.6 is 0 Å². The van der Waals surface area contributed by atoms with E-state index in [1.165, 1.54) is 0 Å². The normalized spacial score (nSPS) is 5.79. The third-order valence-electron chi connectivity index (χ3n) is 0.917. The topological polar surface area (TPSA) is 174 Å². The number of hydrogen-bond acceptors (Lipinski definition) is 10. The van der Waals surface area contributed by atoms with E-state index in [4.69, 9.17) is 43.5 Å². The second-order valence-electron chi connectivity index (χ2n) is 1.95. The molecule has 1 unspecified atom stereocenters. The fourth-order valence-corrected chi connectivity index (χ4v) is 0.474. The van der Waals surface area contributed by atoms with Crippen LogP contribution < -0.4 is 0 Å². The molecule has 0 spiro atoms. The van der Waals surface area contributed by atoms with Crippen LogP contribution in [0.4, 0.5) is 0 Å². The van der Waals surface area contributed by atoms with Crippen molar-refractivity contribution in [2.45, 2.75) is 32.8 Å². The SMILES string of the molecule is C=O.C=O.C=O.C=O.C=O.C=O.C=O.C=O.CCC(=O)CC(C)O. The van der Waals surface area contributed by atoms with E-state index in [1.54, 1.807) is 13.8 Å². The highest BCUT2D eigenvalue weighted by molar-refractivity contribution is 5.78. The lowest BCUT2D eigenvalue weighted by atomic mass is 10.2. The van der Waals surface area contributed by atoms with Gasteiger partial charge in [0.2, 0.25) is 0 Å². The van der Waals surface area contributed by atoms with Gasteiger partial charge < -0.3 is 43.5 Å². The van der Waals surface area contributed by atoms with E-state index in [-0.39, 0.29) is 5.78 Å². The number of hydrogen-bond donors (Lipinski definition) is 1. The summed E-state index contributed by atoms with van der Waals surface area (Å²) < 4.78 is 0. The first-order chi connectivity index (χ1) is 11.7. The van der Waals surface area contributed by atoms with Gasteiger partial charge in [-0.1, -0.05) is 6.92 Å². The van der Waals surface area contributed by atoms with Crippen molar-refractivity contribution in [1.29, 1.82) is 0 Å². The van der Waals surface area contributed by atoms with Gasteiger partial charge in [-0.2, -0.15) is 0 Å². The predicted octanol–water partition coefficient (Wildman–Crippen LogP) is -0.743.